The molecule has 0 radical (unpaired) electrons. The Balaban J connectivity index is 2.13. The van der Waals surface area contributed by atoms with Gasteiger partial charge in [0.05, 0.1) is 5.69 Å². The highest BCUT2D eigenvalue weighted by molar-refractivity contribution is 7.89. The predicted octanol–water partition coefficient (Wildman–Crippen LogP) is 0.431. The second-order valence-corrected chi connectivity index (χ2v) is 7.72. The molecular weight excluding hydrogens is 308 g/mol. The number of thiocarbonyl (C=S) groups is 1. The van der Waals surface area contributed by atoms with Crippen LogP contribution < -0.4 is 5.73 Å². The van der Waals surface area contributed by atoms with Crippen LogP contribution in [0.15, 0.2) is 23.2 Å². The molecule has 6 nitrogen and oxygen atoms in total. The fourth-order valence-electron chi connectivity index (χ4n) is 2.43. The molecule has 1 aliphatic rings. The number of hydrogen-bond acceptors (Lipinski definition) is 5. The topological polar surface area (TPSA) is 79.5 Å². The van der Waals surface area contributed by atoms with Crippen molar-refractivity contribution in [1.82, 2.24) is 14.2 Å². The van der Waals surface area contributed by atoms with Gasteiger partial charge in [-0.25, -0.2) is 8.42 Å². The SMILES string of the molecule is CN(C)C1CCN(S(=O)(=O)c2ccc(C(N)=S)nc2)CC1. The van der Waals surface area contributed by atoms with Crippen molar-refractivity contribution < 1.29 is 8.42 Å². The molecule has 0 unspecified atom stereocenters. The molecule has 2 rings (SSSR count). The first-order valence-electron chi connectivity index (χ1n) is 6.75. The largest absolute Gasteiger partial charge is 0.388 e. The lowest BCUT2D eigenvalue weighted by Gasteiger charge is -2.34. The second-order valence-electron chi connectivity index (χ2n) is 5.34. The molecule has 116 valence electrons. The Hall–Kier alpha value is -1.09. The molecule has 1 aliphatic heterocycles. The number of hydrogen-bond donors (Lipinski definition) is 1. The Labute approximate surface area is 131 Å². The number of nitrogens with two attached hydrogens (primary N) is 1. The van der Waals surface area contributed by atoms with Crippen LogP contribution in [-0.2, 0) is 10.0 Å². The lowest BCUT2D eigenvalue weighted by molar-refractivity contribution is 0.196. The first-order chi connectivity index (χ1) is 9.82. The van der Waals surface area contributed by atoms with E-state index in [0.29, 0.717) is 24.8 Å². The highest BCUT2D eigenvalue weighted by Gasteiger charge is 2.30. The molecule has 2 heterocycles. The van der Waals surface area contributed by atoms with Crippen LogP contribution in [0, 0.1) is 0 Å². The quantitative estimate of drug-likeness (QED) is 0.808. The van der Waals surface area contributed by atoms with Crippen LogP contribution >= 0.6 is 12.2 Å². The van der Waals surface area contributed by atoms with Crippen molar-refractivity contribution in [3.63, 3.8) is 0 Å². The Morgan fingerprint density at radius 3 is 2.43 bits per heavy atom. The second kappa shape index (κ2) is 6.35. The molecule has 0 atom stereocenters. The highest BCUT2D eigenvalue weighted by atomic mass is 32.2. The van der Waals surface area contributed by atoms with Crippen LogP contribution in [0.5, 0.6) is 0 Å². The van der Waals surface area contributed by atoms with E-state index in [1.165, 1.54) is 16.6 Å². The van der Waals surface area contributed by atoms with Crippen LogP contribution in [0.2, 0.25) is 0 Å². The zero-order valence-corrected chi connectivity index (χ0v) is 13.8. The van der Waals surface area contributed by atoms with Gasteiger partial charge in [-0.1, -0.05) is 12.2 Å². The summed E-state index contributed by atoms with van der Waals surface area (Å²) in [6, 6.07) is 3.49. The van der Waals surface area contributed by atoms with Gasteiger partial charge in [0.25, 0.3) is 0 Å². The Morgan fingerprint density at radius 2 is 2.00 bits per heavy atom. The molecule has 1 aromatic heterocycles. The van der Waals surface area contributed by atoms with Crippen LogP contribution in [-0.4, -0.2) is 60.8 Å². The Kier molecular flexibility index (Phi) is 4.92. The minimum atomic E-state index is -3.49. The van der Waals surface area contributed by atoms with E-state index in [0.717, 1.165) is 12.8 Å². The van der Waals surface area contributed by atoms with Crippen LogP contribution in [0.4, 0.5) is 0 Å². The summed E-state index contributed by atoms with van der Waals surface area (Å²) in [5.74, 6) is 0. The van der Waals surface area contributed by atoms with Crippen molar-refractivity contribution in [2.24, 2.45) is 5.73 Å². The Morgan fingerprint density at radius 1 is 1.38 bits per heavy atom. The first kappa shape index (κ1) is 16.3. The van der Waals surface area contributed by atoms with Gasteiger partial charge < -0.3 is 10.6 Å². The zero-order chi connectivity index (χ0) is 15.6. The van der Waals surface area contributed by atoms with Crippen molar-refractivity contribution in [2.75, 3.05) is 27.2 Å². The van der Waals surface area contributed by atoms with E-state index in [-0.39, 0.29) is 9.88 Å². The van der Waals surface area contributed by atoms with Crippen molar-refractivity contribution >= 4 is 27.2 Å². The summed E-state index contributed by atoms with van der Waals surface area (Å²) in [6.07, 6.45) is 3.00. The summed E-state index contributed by atoms with van der Waals surface area (Å²) in [4.78, 5) is 6.49. The van der Waals surface area contributed by atoms with E-state index in [9.17, 15) is 8.42 Å². The van der Waals surface area contributed by atoms with Gasteiger partial charge in [0, 0.05) is 25.3 Å². The molecule has 0 bridgehead atoms. The minimum absolute atomic E-state index is 0.158. The van der Waals surface area contributed by atoms with E-state index in [1.807, 2.05) is 14.1 Å². The molecule has 1 aromatic rings. The zero-order valence-electron chi connectivity index (χ0n) is 12.2. The van der Waals surface area contributed by atoms with E-state index >= 15 is 0 Å². The van der Waals surface area contributed by atoms with Crippen molar-refractivity contribution in [3.05, 3.63) is 24.0 Å². The van der Waals surface area contributed by atoms with Gasteiger partial charge in [0.1, 0.15) is 9.88 Å². The maximum Gasteiger partial charge on any atom is 0.244 e. The van der Waals surface area contributed by atoms with Gasteiger partial charge in [0.2, 0.25) is 10.0 Å². The smallest absolute Gasteiger partial charge is 0.244 e. The van der Waals surface area contributed by atoms with Crippen LogP contribution in [0.1, 0.15) is 18.5 Å². The molecule has 0 aromatic carbocycles. The molecule has 1 fully saturated rings. The number of nitrogens with zero attached hydrogens (tertiary/aromatic N) is 3. The van der Waals surface area contributed by atoms with Gasteiger partial charge in [-0.3, -0.25) is 4.98 Å². The summed E-state index contributed by atoms with van der Waals surface area (Å²) in [5.41, 5.74) is 5.89. The normalized spacial score (nSPS) is 18.0. The molecule has 1 saturated heterocycles. The molecular formula is C13H20N4O2S2. The standard InChI is InChI=1S/C13H20N4O2S2/c1-16(2)10-5-7-17(8-6-10)21(18,19)11-3-4-12(13(14)20)15-9-11/h3-4,9-10H,5-8H2,1-2H3,(H2,14,20). The average molecular weight is 328 g/mol. The van der Waals surface area contributed by atoms with E-state index in [2.05, 4.69) is 9.88 Å². The monoisotopic (exact) mass is 328 g/mol. The molecule has 8 heteroatoms. The predicted molar refractivity (Wildman–Crippen MR) is 85.6 cm³/mol. The van der Waals surface area contributed by atoms with E-state index < -0.39 is 10.0 Å². The number of sulfonamides is 1. The average Bonchev–Trinajstić information content (AvgIpc) is 2.47. The summed E-state index contributed by atoms with van der Waals surface area (Å²) >= 11 is 4.81. The molecule has 0 spiro atoms. The third-order valence-corrected chi connectivity index (χ3v) is 5.87. The van der Waals surface area contributed by atoms with Crippen LogP contribution in [0.25, 0.3) is 0 Å². The van der Waals surface area contributed by atoms with E-state index in [1.54, 1.807) is 6.07 Å². The van der Waals surface area contributed by atoms with Gasteiger partial charge in [-0.05, 0) is 39.1 Å². The molecule has 0 amide bonds. The minimum Gasteiger partial charge on any atom is -0.388 e. The van der Waals surface area contributed by atoms with Gasteiger partial charge in [-0.2, -0.15) is 4.31 Å². The van der Waals surface area contributed by atoms with Crippen molar-refractivity contribution in [3.8, 4) is 0 Å². The molecule has 21 heavy (non-hydrogen) atoms. The van der Waals surface area contributed by atoms with E-state index in [4.69, 9.17) is 18.0 Å². The van der Waals surface area contributed by atoms with Crippen molar-refractivity contribution in [2.45, 2.75) is 23.8 Å². The molecule has 0 aliphatic carbocycles. The number of rotatable bonds is 4. The van der Waals surface area contributed by atoms with Gasteiger partial charge >= 0.3 is 0 Å². The lowest BCUT2D eigenvalue weighted by Crippen LogP contribution is -2.44. The van der Waals surface area contributed by atoms with Crippen molar-refractivity contribution in [1.29, 1.82) is 0 Å². The number of piperidine rings is 1. The summed E-state index contributed by atoms with van der Waals surface area (Å²) in [5, 5.41) is 0. The summed E-state index contributed by atoms with van der Waals surface area (Å²) < 4.78 is 26.6. The number of aromatic nitrogens is 1. The first-order valence-corrected chi connectivity index (χ1v) is 8.59. The molecule has 0 saturated carbocycles. The molecule has 2 N–H and O–H groups in total. The summed E-state index contributed by atoms with van der Waals surface area (Å²) in [6.45, 7) is 1.06. The van der Waals surface area contributed by atoms with Gasteiger partial charge in [-0.15, -0.1) is 0 Å². The summed E-state index contributed by atoms with van der Waals surface area (Å²) in [7, 11) is 0.557. The fraction of sp³-hybridized carbons (Fsp3) is 0.538. The lowest BCUT2D eigenvalue weighted by atomic mass is 10.1. The number of pyridine rings is 1. The highest BCUT2D eigenvalue weighted by Crippen LogP contribution is 2.21. The Bertz CT molecular complexity index is 606. The maximum atomic E-state index is 12.6. The fourth-order valence-corrected chi connectivity index (χ4v) is 3.96. The third-order valence-electron chi connectivity index (χ3n) is 3.78. The third kappa shape index (κ3) is 3.57. The van der Waals surface area contributed by atoms with Crippen LogP contribution in [0.3, 0.4) is 0 Å². The maximum absolute atomic E-state index is 12.6. The van der Waals surface area contributed by atoms with Gasteiger partial charge in [0.15, 0.2) is 0 Å².